The molecule has 5 rings (SSSR count). The van der Waals surface area contributed by atoms with E-state index in [4.69, 9.17) is 9.47 Å². The molecule has 0 spiro atoms. The number of hydrogen-bond acceptors (Lipinski definition) is 4. The molecule has 1 N–H and O–H groups in total. The Labute approximate surface area is 207 Å². The van der Waals surface area contributed by atoms with Crippen molar-refractivity contribution in [1.82, 2.24) is 19.7 Å². The molecule has 0 radical (unpaired) electrons. The Hall–Kier alpha value is -3.25. The molecule has 2 aromatic heterocycles. The van der Waals surface area contributed by atoms with Gasteiger partial charge in [0.1, 0.15) is 11.5 Å². The van der Waals surface area contributed by atoms with Crippen molar-refractivity contribution < 1.29 is 9.47 Å². The first-order valence-corrected chi connectivity index (χ1v) is 12.7. The Kier molecular flexibility index (Phi) is 7.09. The van der Waals surface area contributed by atoms with Crippen LogP contribution in [0.15, 0.2) is 61.1 Å². The first-order valence-electron chi connectivity index (χ1n) is 12.7. The number of benzene rings is 2. The lowest BCUT2D eigenvalue weighted by atomic mass is 9.89. The van der Waals surface area contributed by atoms with Gasteiger partial charge in [0.05, 0.1) is 25.6 Å². The number of nitrogens with zero attached hydrogens (tertiary/aromatic N) is 3. The summed E-state index contributed by atoms with van der Waals surface area (Å²) in [4.78, 5) is 6.03. The minimum atomic E-state index is 0.505. The highest BCUT2D eigenvalue weighted by Gasteiger charge is 2.23. The minimum Gasteiger partial charge on any atom is -0.497 e. The molecule has 0 saturated carbocycles. The van der Waals surface area contributed by atoms with Crippen LogP contribution in [0.2, 0.25) is 0 Å². The first kappa shape index (κ1) is 23.5. The quantitative estimate of drug-likeness (QED) is 0.334. The van der Waals surface area contributed by atoms with Crippen molar-refractivity contribution in [1.29, 1.82) is 0 Å². The molecule has 35 heavy (non-hydrogen) atoms. The topological polar surface area (TPSA) is 55.3 Å². The van der Waals surface area contributed by atoms with E-state index in [9.17, 15) is 0 Å². The largest absolute Gasteiger partial charge is 0.497 e. The average molecular weight is 473 g/mol. The number of nitrogens with one attached hydrogen (secondary N) is 1. The van der Waals surface area contributed by atoms with Gasteiger partial charge < -0.3 is 19.4 Å². The summed E-state index contributed by atoms with van der Waals surface area (Å²) >= 11 is 0. The second-order valence-electron chi connectivity index (χ2n) is 10.0. The summed E-state index contributed by atoms with van der Waals surface area (Å²) in [6.45, 7) is 8.36. The van der Waals surface area contributed by atoms with E-state index in [1.807, 2.05) is 29.1 Å². The maximum atomic E-state index is 5.88. The number of hydrogen-bond donors (Lipinski definition) is 1. The molecule has 4 aromatic rings. The molecule has 1 aliphatic heterocycles. The van der Waals surface area contributed by atoms with Gasteiger partial charge in [0, 0.05) is 35.9 Å². The van der Waals surface area contributed by atoms with Gasteiger partial charge in [-0.1, -0.05) is 19.9 Å². The summed E-state index contributed by atoms with van der Waals surface area (Å²) in [5.41, 5.74) is 4.93. The van der Waals surface area contributed by atoms with Crippen molar-refractivity contribution in [2.45, 2.75) is 39.0 Å². The molecule has 2 aromatic carbocycles. The fourth-order valence-electron chi connectivity index (χ4n) is 4.95. The number of likely N-dealkylation sites (tertiary alicyclic amines) is 1. The van der Waals surface area contributed by atoms with E-state index in [2.05, 4.69) is 65.5 Å². The summed E-state index contributed by atoms with van der Waals surface area (Å²) < 4.78 is 13.3. The zero-order valence-corrected chi connectivity index (χ0v) is 21.0. The third-order valence-electron chi connectivity index (χ3n) is 6.97. The maximum Gasteiger partial charge on any atom is 0.121 e. The smallest absolute Gasteiger partial charge is 0.121 e. The zero-order valence-electron chi connectivity index (χ0n) is 21.0. The highest BCUT2D eigenvalue weighted by atomic mass is 16.5. The van der Waals surface area contributed by atoms with E-state index in [1.54, 1.807) is 7.11 Å². The molecule has 0 atom stereocenters. The average Bonchev–Trinajstić information content (AvgIpc) is 3.54. The van der Waals surface area contributed by atoms with Crippen LogP contribution in [0.4, 0.5) is 0 Å². The number of piperidine rings is 1. The molecule has 6 heteroatoms. The SMILES string of the molecule is COc1ccc2[nH]cc(C3CCN(CCc4cnn(-c5cccc(OCC(C)C)c5)c4)CC3)c2c1. The van der Waals surface area contributed by atoms with E-state index >= 15 is 0 Å². The Morgan fingerprint density at radius 2 is 1.94 bits per heavy atom. The summed E-state index contributed by atoms with van der Waals surface area (Å²) in [6, 6.07) is 14.5. The summed E-state index contributed by atoms with van der Waals surface area (Å²) in [6.07, 6.45) is 9.72. The monoisotopic (exact) mass is 472 g/mol. The minimum absolute atomic E-state index is 0.505. The van der Waals surface area contributed by atoms with Crippen LogP contribution in [0.25, 0.3) is 16.6 Å². The second kappa shape index (κ2) is 10.6. The van der Waals surface area contributed by atoms with Crippen molar-refractivity contribution in [3.63, 3.8) is 0 Å². The van der Waals surface area contributed by atoms with E-state index in [1.165, 1.54) is 34.9 Å². The normalized spacial score (nSPS) is 15.2. The molecule has 1 aliphatic rings. The molecule has 0 unspecified atom stereocenters. The lowest BCUT2D eigenvalue weighted by Gasteiger charge is -2.31. The van der Waals surface area contributed by atoms with Crippen LogP contribution in [-0.4, -0.2) is 53.0 Å². The molecule has 1 saturated heterocycles. The van der Waals surface area contributed by atoms with Gasteiger partial charge in [-0.15, -0.1) is 0 Å². The number of H-pyrrole nitrogens is 1. The number of aromatic amines is 1. The van der Waals surface area contributed by atoms with Crippen LogP contribution in [0.3, 0.4) is 0 Å². The van der Waals surface area contributed by atoms with Gasteiger partial charge in [-0.25, -0.2) is 4.68 Å². The van der Waals surface area contributed by atoms with Gasteiger partial charge >= 0.3 is 0 Å². The van der Waals surface area contributed by atoms with Crippen LogP contribution >= 0.6 is 0 Å². The van der Waals surface area contributed by atoms with Gasteiger partial charge in [-0.2, -0.15) is 5.10 Å². The van der Waals surface area contributed by atoms with Gasteiger partial charge in [0.2, 0.25) is 0 Å². The number of fused-ring (bicyclic) bond motifs is 1. The third kappa shape index (κ3) is 5.54. The Morgan fingerprint density at radius 1 is 1.09 bits per heavy atom. The Balaban J connectivity index is 1.15. The van der Waals surface area contributed by atoms with Crippen LogP contribution in [0.5, 0.6) is 11.5 Å². The summed E-state index contributed by atoms with van der Waals surface area (Å²) in [7, 11) is 1.73. The van der Waals surface area contributed by atoms with E-state index in [0.717, 1.165) is 49.8 Å². The second-order valence-corrected chi connectivity index (χ2v) is 10.0. The van der Waals surface area contributed by atoms with Crippen molar-refractivity contribution in [2.75, 3.05) is 33.4 Å². The number of rotatable bonds is 9. The molecular formula is C29H36N4O2. The summed E-state index contributed by atoms with van der Waals surface area (Å²) in [5.74, 6) is 2.92. The lowest BCUT2D eigenvalue weighted by Crippen LogP contribution is -2.34. The van der Waals surface area contributed by atoms with E-state index in [0.29, 0.717) is 11.8 Å². The fraction of sp³-hybridized carbons (Fsp3) is 0.414. The van der Waals surface area contributed by atoms with Crippen molar-refractivity contribution in [3.05, 3.63) is 72.2 Å². The van der Waals surface area contributed by atoms with Crippen LogP contribution in [-0.2, 0) is 6.42 Å². The third-order valence-corrected chi connectivity index (χ3v) is 6.97. The molecule has 0 bridgehead atoms. The number of ether oxygens (including phenoxy) is 2. The summed E-state index contributed by atoms with van der Waals surface area (Å²) in [5, 5.41) is 5.90. The number of aromatic nitrogens is 3. The molecule has 3 heterocycles. The highest BCUT2D eigenvalue weighted by Crippen LogP contribution is 2.34. The van der Waals surface area contributed by atoms with E-state index < -0.39 is 0 Å². The first-order chi connectivity index (χ1) is 17.1. The van der Waals surface area contributed by atoms with Gasteiger partial charge in [0.25, 0.3) is 0 Å². The molecule has 0 aliphatic carbocycles. The lowest BCUT2D eigenvalue weighted by molar-refractivity contribution is 0.215. The highest BCUT2D eigenvalue weighted by molar-refractivity contribution is 5.85. The fourth-order valence-corrected chi connectivity index (χ4v) is 4.95. The van der Waals surface area contributed by atoms with E-state index in [-0.39, 0.29) is 0 Å². The van der Waals surface area contributed by atoms with Gasteiger partial charge in [-0.05, 0) is 85.6 Å². The van der Waals surface area contributed by atoms with Crippen LogP contribution < -0.4 is 9.47 Å². The Morgan fingerprint density at radius 3 is 2.74 bits per heavy atom. The molecule has 184 valence electrons. The standard InChI is InChI=1S/C29H36N4O2/c1-21(2)20-35-26-6-4-5-24(15-26)33-19-22(17-31-33)9-12-32-13-10-23(11-14-32)28-18-30-29-8-7-25(34-3)16-27(28)29/h4-8,15-19,21,23,30H,9-14,20H2,1-3H3. The maximum absolute atomic E-state index is 5.88. The predicted molar refractivity (Wildman–Crippen MR) is 141 cm³/mol. The molecule has 6 nitrogen and oxygen atoms in total. The van der Waals surface area contributed by atoms with Gasteiger partial charge in [0.15, 0.2) is 0 Å². The van der Waals surface area contributed by atoms with Crippen molar-refractivity contribution in [2.24, 2.45) is 5.92 Å². The van der Waals surface area contributed by atoms with Crippen molar-refractivity contribution in [3.8, 4) is 17.2 Å². The van der Waals surface area contributed by atoms with Gasteiger partial charge in [-0.3, -0.25) is 0 Å². The number of methoxy groups -OCH3 is 1. The Bertz CT molecular complexity index is 1250. The molecule has 1 fully saturated rings. The van der Waals surface area contributed by atoms with Crippen molar-refractivity contribution >= 4 is 10.9 Å². The van der Waals surface area contributed by atoms with Crippen LogP contribution in [0.1, 0.15) is 43.7 Å². The molecule has 0 amide bonds. The van der Waals surface area contributed by atoms with Crippen LogP contribution in [0, 0.1) is 5.92 Å². The zero-order chi connectivity index (χ0) is 24.2. The molecular weight excluding hydrogens is 436 g/mol. The predicted octanol–water partition coefficient (Wildman–Crippen LogP) is 5.82.